The van der Waals surface area contributed by atoms with Gasteiger partial charge in [-0.15, -0.1) is 0 Å². The number of amides is 1. The first-order valence-electron chi connectivity index (χ1n) is 6.85. The highest BCUT2D eigenvalue weighted by Crippen LogP contribution is 2.19. The number of para-hydroxylation sites is 1. The molecule has 4 nitrogen and oxygen atoms in total. The Morgan fingerprint density at radius 1 is 1.33 bits per heavy atom. The molecule has 21 heavy (non-hydrogen) atoms. The van der Waals surface area contributed by atoms with E-state index in [1.165, 1.54) is 6.20 Å². The van der Waals surface area contributed by atoms with Crippen LogP contribution in [0.15, 0.2) is 42.7 Å². The molecule has 2 N–H and O–H groups in total. The Morgan fingerprint density at radius 2 is 2.10 bits per heavy atom. The average molecular weight is 304 g/mol. The Labute approximate surface area is 129 Å². The van der Waals surface area contributed by atoms with E-state index in [0.29, 0.717) is 29.4 Å². The summed E-state index contributed by atoms with van der Waals surface area (Å²) in [6.45, 7) is 3.15. The lowest BCUT2D eigenvalue weighted by Gasteiger charge is -2.23. The van der Waals surface area contributed by atoms with Gasteiger partial charge in [-0.25, -0.2) is 0 Å². The number of nitrogen functional groups attached to an aromatic ring is 1. The Balaban J connectivity index is 2.25. The third kappa shape index (κ3) is 3.73. The van der Waals surface area contributed by atoms with E-state index in [0.717, 1.165) is 12.0 Å². The highest BCUT2D eigenvalue weighted by Gasteiger charge is 2.18. The summed E-state index contributed by atoms with van der Waals surface area (Å²) < 4.78 is 0. The minimum absolute atomic E-state index is 0.104. The zero-order valence-corrected chi connectivity index (χ0v) is 12.7. The van der Waals surface area contributed by atoms with Crippen molar-refractivity contribution in [3.63, 3.8) is 0 Å². The fraction of sp³-hybridized carbons (Fsp3) is 0.250. The fourth-order valence-corrected chi connectivity index (χ4v) is 2.33. The number of hydrogen-bond acceptors (Lipinski definition) is 3. The number of carbonyl (C=O) groups excluding carboxylic acids is 1. The lowest BCUT2D eigenvalue weighted by molar-refractivity contribution is 0.0743. The molecule has 0 aliphatic carbocycles. The van der Waals surface area contributed by atoms with Crippen LogP contribution in [-0.2, 0) is 6.54 Å². The maximum Gasteiger partial charge on any atom is 0.255 e. The second kappa shape index (κ2) is 7.09. The second-order valence-corrected chi connectivity index (χ2v) is 5.19. The fourth-order valence-electron chi connectivity index (χ4n) is 2.13. The van der Waals surface area contributed by atoms with E-state index in [1.807, 2.05) is 31.2 Å². The van der Waals surface area contributed by atoms with Crippen molar-refractivity contribution in [1.82, 2.24) is 9.88 Å². The van der Waals surface area contributed by atoms with Crippen LogP contribution >= 0.6 is 11.6 Å². The van der Waals surface area contributed by atoms with Crippen LogP contribution in [0.3, 0.4) is 0 Å². The van der Waals surface area contributed by atoms with E-state index < -0.39 is 0 Å². The maximum atomic E-state index is 12.6. The lowest BCUT2D eigenvalue weighted by Crippen LogP contribution is -2.31. The molecule has 0 saturated carbocycles. The normalized spacial score (nSPS) is 10.4. The number of hydrogen-bond donors (Lipinski definition) is 1. The van der Waals surface area contributed by atoms with E-state index in [9.17, 15) is 4.79 Å². The van der Waals surface area contributed by atoms with E-state index in [2.05, 4.69) is 4.98 Å². The molecule has 0 spiro atoms. The molecule has 0 saturated heterocycles. The predicted molar refractivity (Wildman–Crippen MR) is 85.1 cm³/mol. The minimum Gasteiger partial charge on any atom is -0.398 e. The standard InChI is InChI=1S/C16H18ClN3O/c1-2-9-20(11-12-5-3-4-6-15(12)18)16(21)13-7-8-19-10-14(13)17/h3-8,10H,2,9,11,18H2,1H3. The molecule has 0 aliphatic rings. The molecule has 0 atom stereocenters. The second-order valence-electron chi connectivity index (χ2n) is 4.78. The number of aromatic nitrogens is 1. The zero-order valence-electron chi connectivity index (χ0n) is 11.9. The van der Waals surface area contributed by atoms with Crippen molar-refractivity contribution in [3.05, 3.63) is 58.9 Å². The van der Waals surface area contributed by atoms with Crippen molar-refractivity contribution in [1.29, 1.82) is 0 Å². The largest absolute Gasteiger partial charge is 0.398 e. The van der Waals surface area contributed by atoms with Gasteiger partial charge in [0.2, 0.25) is 0 Å². The molecule has 0 aliphatic heterocycles. The molecule has 0 unspecified atom stereocenters. The van der Waals surface area contributed by atoms with Crippen LogP contribution in [0.4, 0.5) is 5.69 Å². The Morgan fingerprint density at radius 3 is 2.76 bits per heavy atom. The molecule has 2 aromatic rings. The van der Waals surface area contributed by atoms with Crippen molar-refractivity contribution >= 4 is 23.2 Å². The summed E-state index contributed by atoms with van der Waals surface area (Å²) in [4.78, 5) is 18.3. The molecule has 0 fully saturated rings. The van der Waals surface area contributed by atoms with Gasteiger partial charge in [-0.05, 0) is 24.1 Å². The highest BCUT2D eigenvalue weighted by atomic mass is 35.5. The molecule has 0 radical (unpaired) electrons. The van der Waals surface area contributed by atoms with Crippen molar-refractivity contribution < 1.29 is 4.79 Å². The molecule has 1 aromatic carbocycles. The molecular weight excluding hydrogens is 286 g/mol. The third-order valence-corrected chi connectivity index (χ3v) is 3.50. The molecule has 0 bridgehead atoms. The first-order chi connectivity index (χ1) is 10.1. The van der Waals surface area contributed by atoms with Crippen LogP contribution in [0.5, 0.6) is 0 Å². The summed E-state index contributed by atoms with van der Waals surface area (Å²) in [5.41, 5.74) is 8.05. The van der Waals surface area contributed by atoms with Gasteiger partial charge in [-0.3, -0.25) is 9.78 Å². The third-order valence-electron chi connectivity index (χ3n) is 3.20. The van der Waals surface area contributed by atoms with Crippen molar-refractivity contribution in [3.8, 4) is 0 Å². The summed E-state index contributed by atoms with van der Waals surface area (Å²) in [6, 6.07) is 9.20. The number of benzene rings is 1. The summed E-state index contributed by atoms with van der Waals surface area (Å²) in [7, 11) is 0. The highest BCUT2D eigenvalue weighted by molar-refractivity contribution is 6.33. The van der Waals surface area contributed by atoms with E-state index in [-0.39, 0.29) is 5.91 Å². The number of nitrogens with two attached hydrogens (primary N) is 1. The lowest BCUT2D eigenvalue weighted by atomic mass is 10.1. The number of nitrogens with zero attached hydrogens (tertiary/aromatic N) is 2. The Bertz CT molecular complexity index is 630. The Kier molecular flexibility index (Phi) is 5.17. The monoisotopic (exact) mass is 303 g/mol. The molecular formula is C16H18ClN3O. The summed E-state index contributed by atoms with van der Waals surface area (Å²) >= 11 is 6.06. The number of anilines is 1. The van der Waals surface area contributed by atoms with Crippen LogP contribution in [0.1, 0.15) is 29.3 Å². The van der Waals surface area contributed by atoms with Gasteiger partial charge in [0, 0.05) is 31.2 Å². The van der Waals surface area contributed by atoms with E-state index in [4.69, 9.17) is 17.3 Å². The first kappa shape index (κ1) is 15.3. The number of carbonyl (C=O) groups is 1. The van der Waals surface area contributed by atoms with Crippen LogP contribution in [0, 0.1) is 0 Å². The molecule has 1 heterocycles. The van der Waals surface area contributed by atoms with Crippen molar-refractivity contribution in [2.24, 2.45) is 0 Å². The minimum atomic E-state index is -0.104. The molecule has 110 valence electrons. The molecule has 1 aromatic heterocycles. The molecule has 5 heteroatoms. The van der Waals surface area contributed by atoms with Gasteiger partial charge < -0.3 is 10.6 Å². The van der Waals surface area contributed by atoms with Crippen molar-refractivity contribution in [2.45, 2.75) is 19.9 Å². The SMILES string of the molecule is CCCN(Cc1ccccc1N)C(=O)c1ccncc1Cl. The van der Waals surface area contributed by atoms with Crippen LogP contribution in [0.2, 0.25) is 5.02 Å². The summed E-state index contributed by atoms with van der Waals surface area (Å²) in [6.07, 6.45) is 3.91. The predicted octanol–water partition coefficient (Wildman–Crippen LogP) is 3.37. The number of halogens is 1. The molecule has 2 rings (SSSR count). The average Bonchev–Trinajstić information content (AvgIpc) is 2.49. The zero-order chi connectivity index (χ0) is 15.2. The number of rotatable bonds is 5. The number of pyridine rings is 1. The van der Waals surface area contributed by atoms with Crippen LogP contribution < -0.4 is 5.73 Å². The Hall–Kier alpha value is -2.07. The van der Waals surface area contributed by atoms with Gasteiger partial charge >= 0.3 is 0 Å². The van der Waals surface area contributed by atoms with Crippen LogP contribution in [0.25, 0.3) is 0 Å². The topological polar surface area (TPSA) is 59.2 Å². The summed E-state index contributed by atoms with van der Waals surface area (Å²) in [5, 5.41) is 0.365. The van der Waals surface area contributed by atoms with Crippen LogP contribution in [-0.4, -0.2) is 22.3 Å². The van der Waals surface area contributed by atoms with Gasteiger partial charge in [-0.1, -0.05) is 36.7 Å². The smallest absolute Gasteiger partial charge is 0.255 e. The molecule has 1 amide bonds. The van der Waals surface area contributed by atoms with Gasteiger partial charge in [0.05, 0.1) is 10.6 Å². The van der Waals surface area contributed by atoms with E-state index >= 15 is 0 Å². The van der Waals surface area contributed by atoms with Gasteiger partial charge in [0.15, 0.2) is 0 Å². The van der Waals surface area contributed by atoms with Crippen molar-refractivity contribution in [2.75, 3.05) is 12.3 Å². The first-order valence-corrected chi connectivity index (χ1v) is 7.23. The van der Waals surface area contributed by atoms with Gasteiger partial charge in [0.25, 0.3) is 5.91 Å². The van der Waals surface area contributed by atoms with E-state index in [1.54, 1.807) is 17.2 Å². The summed E-state index contributed by atoms with van der Waals surface area (Å²) in [5.74, 6) is -0.104. The quantitative estimate of drug-likeness (QED) is 0.862. The van der Waals surface area contributed by atoms with Gasteiger partial charge in [-0.2, -0.15) is 0 Å². The van der Waals surface area contributed by atoms with Gasteiger partial charge in [0.1, 0.15) is 0 Å². The maximum absolute atomic E-state index is 12.6.